The number of aryl methyl sites for hydroxylation is 1. The third kappa shape index (κ3) is 2.82. The Morgan fingerprint density at radius 2 is 2.05 bits per heavy atom. The largest absolute Gasteiger partial charge is 0.394 e. The van der Waals surface area contributed by atoms with Gasteiger partial charge in [-0.1, -0.05) is 6.07 Å². The van der Waals surface area contributed by atoms with Gasteiger partial charge in [0, 0.05) is 29.1 Å². The number of hydrogen-bond acceptors (Lipinski definition) is 3. The summed E-state index contributed by atoms with van der Waals surface area (Å²) in [7, 11) is 0. The molecule has 0 aliphatic rings. The van der Waals surface area contributed by atoms with Gasteiger partial charge in [-0.05, 0) is 32.9 Å². The summed E-state index contributed by atoms with van der Waals surface area (Å²) in [4.78, 5) is 0. The first-order chi connectivity index (χ1) is 9.54. The standard InChI is InChI=1S/C15H20FN3O/c1-10-14(16)5-4-6-15(10)17-9-13-11(2)18-19(7-8-20)12(13)3/h4-6,17,20H,7-9H2,1-3H3. The first-order valence-corrected chi connectivity index (χ1v) is 6.67. The van der Waals surface area contributed by atoms with Crippen LogP contribution < -0.4 is 5.32 Å². The second-order valence-electron chi connectivity index (χ2n) is 4.86. The van der Waals surface area contributed by atoms with Crippen LogP contribution in [0.5, 0.6) is 0 Å². The fraction of sp³-hybridized carbons (Fsp3) is 0.400. The molecule has 2 aromatic rings. The minimum atomic E-state index is -0.209. The lowest BCUT2D eigenvalue weighted by Gasteiger charge is -2.10. The number of hydrogen-bond donors (Lipinski definition) is 2. The zero-order valence-electron chi connectivity index (χ0n) is 12.1. The maximum Gasteiger partial charge on any atom is 0.128 e. The molecule has 0 saturated carbocycles. The summed E-state index contributed by atoms with van der Waals surface area (Å²) in [6.45, 7) is 6.82. The van der Waals surface area contributed by atoms with Crippen molar-refractivity contribution in [2.75, 3.05) is 11.9 Å². The van der Waals surface area contributed by atoms with E-state index >= 15 is 0 Å². The van der Waals surface area contributed by atoms with E-state index in [9.17, 15) is 4.39 Å². The summed E-state index contributed by atoms with van der Waals surface area (Å²) in [5.74, 6) is -0.209. The summed E-state index contributed by atoms with van der Waals surface area (Å²) < 4.78 is 15.3. The van der Waals surface area contributed by atoms with E-state index in [1.165, 1.54) is 6.07 Å². The second kappa shape index (κ2) is 6.05. The van der Waals surface area contributed by atoms with E-state index in [0.29, 0.717) is 18.7 Å². The Bertz CT molecular complexity index is 607. The van der Waals surface area contributed by atoms with E-state index in [0.717, 1.165) is 22.6 Å². The smallest absolute Gasteiger partial charge is 0.128 e. The van der Waals surface area contributed by atoms with E-state index in [2.05, 4.69) is 10.4 Å². The highest BCUT2D eigenvalue weighted by Crippen LogP contribution is 2.20. The van der Waals surface area contributed by atoms with Crippen molar-refractivity contribution in [3.05, 3.63) is 46.5 Å². The molecule has 0 spiro atoms. The van der Waals surface area contributed by atoms with Crippen molar-refractivity contribution in [2.45, 2.75) is 33.9 Å². The van der Waals surface area contributed by atoms with Crippen LogP contribution in [0.25, 0.3) is 0 Å². The summed E-state index contributed by atoms with van der Waals surface area (Å²) in [6.07, 6.45) is 0. The van der Waals surface area contributed by atoms with Gasteiger partial charge in [0.15, 0.2) is 0 Å². The third-order valence-electron chi connectivity index (χ3n) is 3.57. The van der Waals surface area contributed by atoms with Gasteiger partial charge in [-0.2, -0.15) is 5.10 Å². The lowest BCUT2D eigenvalue weighted by Crippen LogP contribution is -2.07. The minimum absolute atomic E-state index is 0.0673. The lowest BCUT2D eigenvalue weighted by atomic mass is 10.1. The average molecular weight is 277 g/mol. The maximum atomic E-state index is 13.5. The molecule has 1 aromatic carbocycles. The van der Waals surface area contributed by atoms with Crippen molar-refractivity contribution >= 4 is 5.69 Å². The van der Waals surface area contributed by atoms with Crippen LogP contribution in [0.2, 0.25) is 0 Å². The van der Waals surface area contributed by atoms with Crippen LogP contribution in [0, 0.1) is 26.6 Å². The zero-order chi connectivity index (χ0) is 14.7. The van der Waals surface area contributed by atoms with Crippen molar-refractivity contribution in [3.8, 4) is 0 Å². The molecule has 0 fully saturated rings. The molecule has 4 nitrogen and oxygen atoms in total. The van der Waals surface area contributed by atoms with Crippen LogP contribution in [0.15, 0.2) is 18.2 Å². The maximum absolute atomic E-state index is 13.5. The SMILES string of the molecule is Cc1nn(CCO)c(C)c1CNc1cccc(F)c1C. The van der Waals surface area contributed by atoms with Crippen LogP contribution in [0.1, 0.15) is 22.5 Å². The average Bonchev–Trinajstić information content (AvgIpc) is 2.68. The molecule has 0 saturated heterocycles. The predicted octanol–water partition coefficient (Wildman–Crippen LogP) is 2.55. The van der Waals surface area contributed by atoms with Crippen LogP contribution in [0.3, 0.4) is 0 Å². The lowest BCUT2D eigenvalue weighted by molar-refractivity contribution is 0.268. The Morgan fingerprint density at radius 1 is 1.30 bits per heavy atom. The van der Waals surface area contributed by atoms with E-state index < -0.39 is 0 Å². The highest BCUT2D eigenvalue weighted by molar-refractivity contribution is 5.51. The van der Waals surface area contributed by atoms with Crippen molar-refractivity contribution in [3.63, 3.8) is 0 Å². The molecule has 0 unspecified atom stereocenters. The zero-order valence-corrected chi connectivity index (χ0v) is 12.1. The molecular formula is C15H20FN3O. The third-order valence-corrected chi connectivity index (χ3v) is 3.57. The molecule has 108 valence electrons. The molecule has 0 amide bonds. The monoisotopic (exact) mass is 277 g/mol. The number of aliphatic hydroxyl groups excluding tert-OH is 1. The number of nitrogens with zero attached hydrogens (tertiary/aromatic N) is 2. The van der Waals surface area contributed by atoms with Gasteiger partial charge in [-0.3, -0.25) is 4.68 Å². The van der Waals surface area contributed by atoms with Gasteiger partial charge in [0.2, 0.25) is 0 Å². The highest BCUT2D eigenvalue weighted by Gasteiger charge is 2.11. The van der Waals surface area contributed by atoms with Gasteiger partial charge in [-0.15, -0.1) is 0 Å². The van der Waals surface area contributed by atoms with E-state index in [-0.39, 0.29) is 12.4 Å². The Morgan fingerprint density at radius 3 is 2.75 bits per heavy atom. The first kappa shape index (κ1) is 14.5. The molecule has 2 N–H and O–H groups in total. The van der Waals surface area contributed by atoms with Crippen LogP contribution >= 0.6 is 0 Å². The number of halogens is 1. The number of aromatic nitrogens is 2. The van der Waals surface area contributed by atoms with Crippen LogP contribution in [-0.2, 0) is 13.1 Å². The first-order valence-electron chi connectivity index (χ1n) is 6.67. The van der Waals surface area contributed by atoms with Gasteiger partial charge in [0.1, 0.15) is 5.82 Å². The molecule has 1 aromatic heterocycles. The van der Waals surface area contributed by atoms with Crippen molar-refractivity contribution < 1.29 is 9.50 Å². The Kier molecular flexibility index (Phi) is 4.39. The quantitative estimate of drug-likeness (QED) is 0.883. The Hall–Kier alpha value is -1.88. The number of benzene rings is 1. The molecule has 0 atom stereocenters. The topological polar surface area (TPSA) is 50.1 Å². The molecule has 1 heterocycles. The van der Waals surface area contributed by atoms with Gasteiger partial charge in [-0.25, -0.2) is 4.39 Å². The summed E-state index contributed by atoms with van der Waals surface area (Å²) >= 11 is 0. The Labute approximate surface area is 118 Å². The molecule has 2 rings (SSSR count). The van der Waals surface area contributed by atoms with E-state index in [1.54, 1.807) is 17.7 Å². The van der Waals surface area contributed by atoms with E-state index in [4.69, 9.17) is 5.11 Å². The predicted molar refractivity (Wildman–Crippen MR) is 77.3 cm³/mol. The normalized spacial score (nSPS) is 10.8. The fourth-order valence-corrected chi connectivity index (χ4v) is 2.28. The van der Waals surface area contributed by atoms with Gasteiger partial charge in [0.05, 0.1) is 18.8 Å². The van der Waals surface area contributed by atoms with Gasteiger partial charge in [0.25, 0.3) is 0 Å². The van der Waals surface area contributed by atoms with Gasteiger partial charge >= 0.3 is 0 Å². The summed E-state index contributed by atoms with van der Waals surface area (Å²) in [5.41, 5.74) is 4.45. The summed E-state index contributed by atoms with van der Waals surface area (Å²) in [6, 6.07) is 5.01. The van der Waals surface area contributed by atoms with Crippen LogP contribution in [-0.4, -0.2) is 21.5 Å². The van der Waals surface area contributed by atoms with Gasteiger partial charge < -0.3 is 10.4 Å². The number of nitrogens with one attached hydrogen (secondary N) is 1. The molecule has 0 radical (unpaired) electrons. The molecule has 5 heteroatoms. The van der Waals surface area contributed by atoms with E-state index in [1.807, 2.05) is 19.9 Å². The van der Waals surface area contributed by atoms with Crippen molar-refractivity contribution in [2.24, 2.45) is 0 Å². The number of rotatable bonds is 5. The minimum Gasteiger partial charge on any atom is -0.394 e. The summed E-state index contributed by atoms with van der Waals surface area (Å²) in [5, 5.41) is 16.6. The molecular weight excluding hydrogens is 257 g/mol. The fourth-order valence-electron chi connectivity index (χ4n) is 2.28. The van der Waals surface area contributed by atoms with Crippen molar-refractivity contribution in [1.29, 1.82) is 0 Å². The molecule has 0 bridgehead atoms. The van der Waals surface area contributed by atoms with Crippen LogP contribution in [0.4, 0.5) is 10.1 Å². The Balaban J connectivity index is 2.17. The number of aliphatic hydroxyl groups is 1. The molecule has 20 heavy (non-hydrogen) atoms. The highest BCUT2D eigenvalue weighted by atomic mass is 19.1. The molecule has 0 aliphatic carbocycles. The van der Waals surface area contributed by atoms with Crippen molar-refractivity contribution in [1.82, 2.24) is 9.78 Å². The second-order valence-corrected chi connectivity index (χ2v) is 4.86. The number of anilines is 1. The molecule has 0 aliphatic heterocycles.